The Morgan fingerprint density at radius 2 is 2.00 bits per heavy atom. The van der Waals surface area contributed by atoms with Gasteiger partial charge in [0.25, 0.3) is 5.56 Å². The Balaban J connectivity index is 2.20. The van der Waals surface area contributed by atoms with E-state index in [0.717, 1.165) is 23.0 Å². The van der Waals surface area contributed by atoms with Crippen molar-refractivity contribution in [1.82, 2.24) is 14.1 Å². The minimum Gasteiger partial charge on any atom is -0.477 e. The molecule has 0 bridgehead atoms. The Morgan fingerprint density at radius 1 is 1.21 bits per heavy atom. The lowest BCUT2D eigenvalue weighted by Crippen LogP contribution is -2.34. The van der Waals surface area contributed by atoms with Gasteiger partial charge < -0.3 is 14.7 Å². The topological polar surface area (TPSA) is 97.1 Å². The molecule has 0 aliphatic carbocycles. The highest BCUT2D eigenvalue weighted by molar-refractivity contribution is 7.09. The second-order valence-electron chi connectivity index (χ2n) is 6.80. The maximum atomic E-state index is 13.1. The molecule has 0 fully saturated rings. The molecule has 0 radical (unpaired) electrons. The standard InChI is InChI=1S/C20H19N3O4S/c1-3-4-7-22-15-6-5-11(2)8-12(15)16(17(22)19(25)26)23-18(24)13-9-28-10-14(13)21-20(23)27/h5-6,8-10H,3-4,7H2,1-2H3,(H,21,27)(H,25,26). The van der Waals surface area contributed by atoms with Gasteiger partial charge in [-0.15, -0.1) is 11.3 Å². The van der Waals surface area contributed by atoms with Crippen LogP contribution in [0, 0.1) is 6.92 Å². The number of hydrogen-bond donors (Lipinski definition) is 2. The normalized spacial score (nSPS) is 11.5. The summed E-state index contributed by atoms with van der Waals surface area (Å²) in [7, 11) is 0. The van der Waals surface area contributed by atoms with E-state index in [-0.39, 0.29) is 11.4 Å². The number of H-pyrrole nitrogens is 1. The van der Waals surface area contributed by atoms with Crippen molar-refractivity contribution >= 4 is 39.1 Å². The number of benzene rings is 1. The molecule has 4 aromatic rings. The number of rotatable bonds is 5. The first-order valence-corrected chi connectivity index (χ1v) is 9.96. The van der Waals surface area contributed by atoms with E-state index < -0.39 is 17.2 Å². The Labute approximate surface area is 163 Å². The van der Waals surface area contributed by atoms with E-state index in [1.165, 1.54) is 11.3 Å². The maximum Gasteiger partial charge on any atom is 0.354 e. The molecular weight excluding hydrogens is 378 g/mol. The molecule has 0 aliphatic heterocycles. The lowest BCUT2D eigenvalue weighted by atomic mass is 10.1. The van der Waals surface area contributed by atoms with Crippen molar-refractivity contribution in [3.05, 3.63) is 61.1 Å². The predicted octanol–water partition coefficient (Wildman–Crippen LogP) is 3.50. The third kappa shape index (κ3) is 2.68. The summed E-state index contributed by atoms with van der Waals surface area (Å²) in [6.45, 7) is 4.41. The zero-order valence-corrected chi connectivity index (χ0v) is 16.3. The minimum absolute atomic E-state index is 0.0452. The number of aromatic amines is 1. The number of fused-ring (bicyclic) bond motifs is 2. The first-order chi connectivity index (χ1) is 13.4. The van der Waals surface area contributed by atoms with E-state index in [1.54, 1.807) is 15.3 Å². The highest BCUT2D eigenvalue weighted by Crippen LogP contribution is 2.30. The number of carboxylic acids is 1. The number of carbonyl (C=O) groups is 1. The molecule has 3 aromatic heterocycles. The number of unbranched alkanes of at least 4 members (excludes halogenated alkanes) is 1. The van der Waals surface area contributed by atoms with E-state index in [4.69, 9.17) is 0 Å². The van der Waals surface area contributed by atoms with E-state index >= 15 is 0 Å². The summed E-state index contributed by atoms with van der Waals surface area (Å²) in [4.78, 5) is 40.8. The summed E-state index contributed by atoms with van der Waals surface area (Å²) in [5.41, 5.74) is 0.993. The molecule has 0 spiro atoms. The molecule has 0 amide bonds. The van der Waals surface area contributed by atoms with Crippen LogP contribution in [0.1, 0.15) is 35.8 Å². The minimum atomic E-state index is -1.17. The fourth-order valence-corrected chi connectivity index (χ4v) is 4.34. The number of thiophene rings is 1. The van der Waals surface area contributed by atoms with Gasteiger partial charge in [-0.05, 0) is 25.5 Å². The first-order valence-electron chi connectivity index (χ1n) is 9.01. The summed E-state index contributed by atoms with van der Waals surface area (Å²) in [6, 6.07) is 5.57. The summed E-state index contributed by atoms with van der Waals surface area (Å²) in [5.74, 6) is -1.17. The molecule has 7 nitrogen and oxygen atoms in total. The zero-order valence-electron chi connectivity index (χ0n) is 15.5. The second-order valence-corrected chi connectivity index (χ2v) is 7.54. The average molecular weight is 397 g/mol. The molecule has 0 saturated heterocycles. The van der Waals surface area contributed by atoms with Crippen molar-refractivity contribution in [2.45, 2.75) is 33.2 Å². The van der Waals surface area contributed by atoms with Crippen LogP contribution in [0.4, 0.5) is 0 Å². The van der Waals surface area contributed by atoms with Gasteiger partial charge in [0, 0.05) is 22.7 Å². The van der Waals surface area contributed by atoms with E-state index in [9.17, 15) is 19.5 Å². The summed E-state index contributed by atoms with van der Waals surface area (Å²) in [6.07, 6.45) is 1.67. The third-order valence-electron chi connectivity index (χ3n) is 4.89. The second kappa shape index (κ2) is 6.79. The Morgan fingerprint density at radius 3 is 2.71 bits per heavy atom. The quantitative estimate of drug-likeness (QED) is 0.539. The van der Waals surface area contributed by atoms with Crippen molar-refractivity contribution in [3.63, 3.8) is 0 Å². The molecule has 0 aliphatic rings. The molecule has 8 heteroatoms. The van der Waals surface area contributed by atoms with Gasteiger partial charge in [-0.1, -0.05) is 25.0 Å². The number of carboxylic acid groups (broad SMARTS) is 1. The largest absolute Gasteiger partial charge is 0.477 e. The van der Waals surface area contributed by atoms with Crippen molar-refractivity contribution in [2.75, 3.05) is 0 Å². The van der Waals surface area contributed by atoms with Crippen LogP contribution in [-0.4, -0.2) is 25.2 Å². The average Bonchev–Trinajstić information content (AvgIpc) is 3.23. The molecule has 0 atom stereocenters. The van der Waals surface area contributed by atoms with E-state index in [1.807, 2.05) is 32.0 Å². The van der Waals surface area contributed by atoms with Gasteiger partial charge in [0.2, 0.25) is 0 Å². The van der Waals surface area contributed by atoms with E-state index in [0.29, 0.717) is 28.4 Å². The van der Waals surface area contributed by atoms with Crippen LogP contribution >= 0.6 is 11.3 Å². The molecule has 3 heterocycles. The summed E-state index contributed by atoms with van der Waals surface area (Å²) >= 11 is 1.31. The Bertz CT molecular complexity index is 1340. The molecule has 1 aromatic carbocycles. The molecule has 0 saturated carbocycles. The first kappa shape index (κ1) is 18.2. The van der Waals surface area contributed by atoms with Crippen LogP contribution in [0.3, 0.4) is 0 Å². The van der Waals surface area contributed by atoms with Crippen molar-refractivity contribution in [2.24, 2.45) is 0 Å². The lowest BCUT2D eigenvalue weighted by molar-refractivity contribution is 0.0685. The summed E-state index contributed by atoms with van der Waals surface area (Å²) in [5, 5.41) is 14.3. The van der Waals surface area contributed by atoms with Crippen LogP contribution in [0.5, 0.6) is 0 Å². The molecule has 28 heavy (non-hydrogen) atoms. The number of nitrogens with zero attached hydrogens (tertiary/aromatic N) is 2. The smallest absolute Gasteiger partial charge is 0.354 e. The summed E-state index contributed by atoms with van der Waals surface area (Å²) < 4.78 is 2.66. The van der Waals surface area contributed by atoms with Crippen molar-refractivity contribution in [1.29, 1.82) is 0 Å². The van der Waals surface area contributed by atoms with Gasteiger partial charge in [-0.2, -0.15) is 0 Å². The van der Waals surface area contributed by atoms with E-state index in [2.05, 4.69) is 4.98 Å². The van der Waals surface area contributed by atoms with Crippen LogP contribution in [0.25, 0.3) is 27.5 Å². The van der Waals surface area contributed by atoms with Gasteiger partial charge >= 0.3 is 11.7 Å². The maximum absolute atomic E-state index is 13.1. The van der Waals surface area contributed by atoms with Crippen molar-refractivity contribution in [3.8, 4) is 5.69 Å². The molecular formula is C20H19N3O4S. The Hall–Kier alpha value is -3.13. The van der Waals surface area contributed by atoms with Gasteiger partial charge in [-0.3, -0.25) is 4.79 Å². The predicted molar refractivity (Wildman–Crippen MR) is 110 cm³/mol. The third-order valence-corrected chi connectivity index (χ3v) is 5.64. The highest BCUT2D eigenvalue weighted by Gasteiger charge is 2.26. The molecule has 144 valence electrons. The van der Waals surface area contributed by atoms with Gasteiger partial charge in [-0.25, -0.2) is 14.2 Å². The highest BCUT2D eigenvalue weighted by atomic mass is 32.1. The van der Waals surface area contributed by atoms with Crippen LogP contribution in [-0.2, 0) is 6.54 Å². The number of aryl methyl sites for hydroxylation is 2. The number of aromatic nitrogens is 3. The van der Waals surface area contributed by atoms with Crippen LogP contribution in [0.15, 0.2) is 38.5 Å². The zero-order chi connectivity index (χ0) is 20.0. The molecule has 0 unspecified atom stereocenters. The molecule has 4 rings (SSSR count). The SMILES string of the molecule is CCCCn1c(C(=O)O)c(-n2c(=O)[nH]c3cscc3c2=O)c2cc(C)ccc21. The Kier molecular flexibility index (Phi) is 4.43. The molecule has 2 N–H and O–H groups in total. The number of nitrogens with one attached hydrogen (secondary N) is 1. The van der Waals surface area contributed by atoms with Crippen LogP contribution in [0.2, 0.25) is 0 Å². The lowest BCUT2D eigenvalue weighted by Gasteiger charge is -2.09. The van der Waals surface area contributed by atoms with Crippen LogP contribution < -0.4 is 11.2 Å². The van der Waals surface area contributed by atoms with Crippen molar-refractivity contribution < 1.29 is 9.90 Å². The monoisotopic (exact) mass is 397 g/mol. The fourth-order valence-electron chi connectivity index (χ4n) is 3.59. The fraction of sp³-hybridized carbons (Fsp3) is 0.250. The van der Waals surface area contributed by atoms with Gasteiger partial charge in [0.1, 0.15) is 0 Å². The number of hydrogen-bond acceptors (Lipinski definition) is 4. The van der Waals surface area contributed by atoms with Gasteiger partial charge in [0.05, 0.1) is 22.1 Å². The number of aromatic carboxylic acids is 1. The van der Waals surface area contributed by atoms with Gasteiger partial charge in [0.15, 0.2) is 5.69 Å².